The molecule has 2 aromatic rings. The minimum atomic E-state index is -3.76. The van der Waals surface area contributed by atoms with Gasteiger partial charge >= 0.3 is 0 Å². The molecule has 1 unspecified atom stereocenters. The van der Waals surface area contributed by atoms with E-state index in [2.05, 4.69) is 5.32 Å². The van der Waals surface area contributed by atoms with Gasteiger partial charge in [-0.3, -0.25) is 13.9 Å². The molecule has 0 saturated carbocycles. The van der Waals surface area contributed by atoms with E-state index in [1.807, 2.05) is 71.0 Å². The van der Waals surface area contributed by atoms with Crippen LogP contribution in [-0.2, 0) is 26.2 Å². The number of hydrogen-bond donors (Lipinski definition) is 1. The van der Waals surface area contributed by atoms with Crippen LogP contribution in [0.1, 0.15) is 56.7 Å². The molecule has 0 spiro atoms. The Morgan fingerprint density at radius 1 is 1.00 bits per heavy atom. The summed E-state index contributed by atoms with van der Waals surface area (Å²) in [5.41, 5.74) is 3.28. The number of likely N-dealkylation sites (N-methyl/N-ethyl adjacent to an activating group) is 1. The summed E-state index contributed by atoms with van der Waals surface area (Å²) in [6.07, 6.45) is 1.51. The highest BCUT2D eigenvalue weighted by Gasteiger charge is 2.32. The Hall–Kier alpha value is -2.87. The molecule has 7 nitrogen and oxygen atoms in total. The van der Waals surface area contributed by atoms with Gasteiger partial charge in [0.2, 0.25) is 21.8 Å². The quantitative estimate of drug-likeness (QED) is 0.522. The SMILES string of the molecule is CCNC(=O)C(CC)N(Cc1ccc(C)cc1)C(=O)CN(c1ccccc1C(C)C)S(C)(=O)=O. The number of anilines is 1. The van der Waals surface area contributed by atoms with Crippen LogP contribution in [0.15, 0.2) is 48.5 Å². The number of hydrogen-bond acceptors (Lipinski definition) is 4. The summed E-state index contributed by atoms with van der Waals surface area (Å²) in [5, 5.41) is 2.80. The molecule has 0 aliphatic carbocycles. The molecule has 1 N–H and O–H groups in total. The van der Waals surface area contributed by atoms with Crippen LogP contribution in [0.2, 0.25) is 0 Å². The van der Waals surface area contributed by atoms with Crippen molar-refractivity contribution in [2.24, 2.45) is 0 Å². The lowest BCUT2D eigenvalue weighted by atomic mass is 10.0. The molecule has 0 heterocycles. The van der Waals surface area contributed by atoms with E-state index in [4.69, 9.17) is 0 Å². The number of carbonyl (C=O) groups is 2. The molecular formula is C26H37N3O4S. The van der Waals surface area contributed by atoms with Gasteiger partial charge in [0, 0.05) is 13.1 Å². The van der Waals surface area contributed by atoms with Crippen molar-refractivity contribution < 1.29 is 18.0 Å². The maximum atomic E-state index is 13.7. The second-order valence-electron chi connectivity index (χ2n) is 8.81. The first-order valence-corrected chi connectivity index (χ1v) is 13.5. The van der Waals surface area contributed by atoms with Gasteiger partial charge in [0.05, 0.1) is 11.9 Å². The number of amides is 2. The number of rotatable bonds is 11. The molecule has 2 aromatic carbocycles. The first kappa shape index (κ1) is 27.4. The molecule has 34 heavy (non-hydrogen) atoms. The Labute approximate surface area is 204 Å². The van der Waals surface area contributed by atoms with Crippen LogP contribution < -0.4 is 9.62 Å². The maximum absolute atomic E-state index is 13.7. The number of para-hydroxylation sites is 1. The third kappa shape index (κ3) is 7.06. The van der Waals surface area contributed by atoms with E-state index < -0.39 is 22.0 Å². The van der Waals surface area contributed by atoms with Crippen LogP contribution in [0, 0.1) is 6.92 Å². The summed E-state index contributed by atoms with van der Waals surface area (Å²) in [5.74, 6) is -0.612. The predicted molar refractivity (Wildman–Crippen MR) is 137 cm³/mol. The highest BCUT2D eigenvalue weighted by Crippen LogP contribution is 2.29. The van der Waals surface area contributed by atoms with Crippen LogP contribution in [0.3, 0.4) is 0 Å². The highest BCUT2D eigenvalue weighted by molar-refractivity contribution is 7.92. The van der Waals surface area contributed by atoms with Gasteiger partial charge in [0.25, 0.3) is 0 Å². The van der Waals surface area contributed by atoms with E-state index in [-0.39, 0.29) is 24.9 Å². The van der Waals surface area contributed by atoms with Crippen LogP contribution in [0.25, 0.3) is 0 Å². The Balaban J connectivity index is 2.48. The van der Waals surface area contributed by atoms with Crippen molar-refractivity contribution in [3.63, 3.8) is 0 Å². The smallest absolute Gasteiger partial charge is 0.244 e. The molecule has 2 amide bonds. The minimum Gasteiger partial charge on any atom is -0.355 e. The normalized spacial score (nSPS) is 12.3. The number of nitrogens with zero attached hydrogens (tertiary/aromatic N) is 2. The van der Waals surface area contributed by atoms with Crippen molar-refractivity contribution >= 4 is 27.5 Å². The molecule has 2 rings (SSSR count). The molecule has 0 aliphatic heterocycles. The highest BCUT2D eigenvalue weighted by atomic mass is 32.2. The fourth-order valence-corrected chi connectivity index (χ4v) is 4.77. The van der Waals surface area contributed by atoms with Crippen LogP contribution in [0.5, 0.6) is 0 Å². The molecule has 1 atom stereocenters. The predicted octanol–water partition coefficient (Wildman–Crippen LogP) is 3.83. The standard InChI is InChI=1S/C26H37N3O4S/c1-7-23(26(31)27-8-2)28(17-21-15-13-20(5)14-16-21)25(30)18-29(34(6,32)33)24-12-10-9-11-22(24)19(3)4/h9-16,19,23H,7-8,17-18H2,1-6H3,(H,27,31). The Bertz CT molecular complexity index is 1080. The maximum Gasteiger partial charge on any atom is 0.244 e. The first-order valence-electron chi connectivity index (χ1n) is 11.7. The van der Waals surface area contributed by atoms with Gasteiger partial charge in [0.15, 0.2) is 0 Å². The second kappa shape index (κ2) is 12.0. The largest absolute Gasteiger partial charge is 0.355 e. The molecule has 0 aliphatic rings. The number of aryl methyl sites for hydroxylation is 1. The monoisotopic (exact) mass is 487 g/mol. The lowest BCUT2D eigenvalue weighted by Gasteiger charge is -2.33. The molecule has 0 saturated heterocycles. The van der Waals surface area contributed by atoms with Gasteiger partial charge < -0.3 is 10.2 Å². The molecule has 186 valence electrons. The number of carbonyl (C=O) groups excluding carboxylic acids is 2. The number of benzene rings is 2. The molecule has 0 fully saturated rings. The number of sulfonamides is 1. The van der Waals surface area contributed by atoms with Crippen molar-refractivity contribution in [2.75, 3.05) is 23.7 Å². The van der Waals surface area contributed by atoms with E-state index in [0.717, 1.165) is 27.3 Å². The Morgan fingerprint density at radius 3 is 2.15 bits per heavy atom. The zero-order valence-electron chi connectivity index (χ0n) is 21.0. The molecule has 8 heteroatoms. The summed E-state index contributed by atoms with van der Waals surface area (Å²) in [4.78, 5) is 28.0. The zero-order valence-corrected chi connectivity index (χ0v) is 21.9. The summed E-state index contributed by atoms with van der Waals surface area (Å²) < 4.78 is 26.8. The minimum absolute atomic E-state index is 0.0675. The summed E-state index contributed by atoms with van der Waals surface area (Å²) >= 11 is 0. The number of nitrogens with one attached hydrogen (secondary N) is 1. The lowest BCUT2D eigenvalue weighted by molar-refractivity contribution is -0.140. The summed E-state index contributed by atoms with van der Waals surface area (Å²) in [7, 11) is -3.76. The van der Waals surface area contributed by atoms with Crippen molar-refractivity contribution in [1.29, 1.82) is 0 Å². The average molecular weight is 488 g/mol. The van der Waals surface area contributed by atoms with E-state index in [9.17, 15) is 18.0 Å². The van der Waals surface area contributed by atoms with Crippen molar-refractivity contribution in [1.82, 2.24) is 10.2 Å². The van der Waals surface area contributed by atoms with Gasteiger partial charge in [-0.05, 0) is 43.4 Å². The zero-order chi connectivity index (χ0) is 25.5. The topological polar surface area (TPSA) is 86.8 Å². The van der Waals surface area contributed by atoms with E-state index in [1.165, 1.54) is 4.90 Å². The Morgan fingerprint density at radius 2 is 1.62 bits per heavy atom. The second-order valence-corrected chi connectivity index (χ2v) is 10.7. The van der Waals surface area contributed by atoms with Crippen LogP contribution >= 0.6 is 0 Å². The van der Waals surface area contributed by atoms with Crippen molar-refractivity contribution in [2.45, 2.75) is 59.5 Å². The van der Waals surface area contributed by atoms with Crippen molar-refractivity contribution in [3.05, 3.63) is 65.2 Å². The van der Waals surface area contributed by atoms with Crippen LogP contribution in [0.4, 0.5) is 5.69 Å². The Kier molecular flexibility index (Phi) is 9.67. The fourth-order valence-electron chi connectivity index (χ4n) is 3.90. The van der Waals surface area contributed by atoms with E-state index >= 15 is 0 Å². The van der Waals surface area contributed by atoms with Gasteiger partial charge in [0.1, 0.15) is 12.6 Å². The fraction of sp³-hybridized carbons (Fsp3) is 0.462. The van der Waals surface area contributed by atoms with Gasteiger partial charge in [-0.15, -0.1) is 0 Å². The van der Waals surface area contributed by atoms with E-state index in [0.29, 0.717) is 18.7 Å². The van der Waals surface area contributed by atoms with Crippen molar-refractivity contribution in [3.8, 4) is 0 Å². The summed E-state index contributed by atoms with van der Waals surface area (Å²) in [6, 6.07) is 14.2. The lowest BCUT2D eigenvalue weighted by Crippen LogP contribution is -2.52. The third-order valence-corrected chi connectivity index (χ3v) is 6.84. The van der Waals surface area contributed by atoms with Gasteiger partial charge in [-0.1, -0.05) is 68.8 Å². The molecule has 0 radical (unpaired) electrons. The van der Waals surface area contributed by atoms with Gasteiger partial charge in [-0.25, -0.2) is 8.42 Å². The van der Waals surface area contributed by atoms with E-state index in [1.54, 1.807) is 12.1 Å². The van der Waals surface area contributed by atoms with Gasteiger partial charge in [-0.2, -0.15) is 0 Å². The average Bonchev–Trinajstić information content (AvgIpc) is 2.78. The van der Waals surface area contributed by atoms with Crippen LogP contribution in [-0.4, -0.2) is 50.5 Å². The molecule has 0 aromatic heterocycles. The molecular weight excluding hydrogens is 450 g/mol. The molecule has 0 bridgehead atoms. The summed E-state index contributed by atoms with van der Waals surface area (Å²) in [6.45, 7) is 9.87. The third-order valence-electron chi connectivity index (χ3n) is 5.72. The first-order chi connectivity index (χ1) is 16.0.